The maximum Gasteiger partial charge on any atom is 0.321 e. The van der Waals surface area contributed by atoms with E-state index in [1.54, 1.807) is 0 Å². The number of carbonyl (C=O) groups is 1. The van der Waals surface area contributed by atoms with Crippen LogP contribution in [0.25, 0.3) is 21.0 Å². The zero-order valence-corrected chi connectivity index (χ0v) is 20.8. The number of fused-ring (bicyclic) bond motifs is 5. The van der Waals surface area contributed by atoms with Gasteiger partial charge in [-0.2, -0.15) is 14.4 Å². The zero-order valence-electron chi connectivity index (χ0n) is 20.0. The topological polar surface area (TPSA) is 104 Å². The smallest absolute Gasteiger partial charge is 0.321 e. The minimum Gasteiger partial charge on any atom is -0.459 e. The highest BCUT2D eigenvalue weighted by Crippen LogP contribution is 2.41. The van der Waals surface area contributed by atoms with Crippen LogP contribution in [0.1, 0.15) is 29.4 Å². The van der Waals surface area contributed by atoms with E-state index in [9.17, 15) is 9.18 Å². The Morgan fingerprint density at radius 2 is 2.08 bits per heavy atom. The number of likely N-dealkylation sites (N-methyl/N-ethyl adjacent to an activating group) is 1. The van der Waals surface area contributed by atoms with E-state index in [-0.39, 0.29) is 29.9 Å². The number of piperidine rings is 1. The number of carbonyl (C=O) groups excluding carboxylic acids is 1. The monoisotopic (exact) mass is 507 g/mol. The van der Waals surface area contributed by atoms with Crippen LogP contribution >= 0.6 is 11.3 Å². The first-order chi connectivity index (χ1) is 17.4. The fourth-order valence-corrected chi connectivity index (χ4v) is 5.90. The lowest BCUT2D eigenvalue weighted by molar-refractivity contribution is 0.0943. The Bertz CT molecular complexity index is 1480. The molecule has 0 aliphatic carbocycles. The Morgan fingerprint density at radius 3 is 2.94 bits per heavy atom. The predicted molar refractivity (Wildman–Crippen MR) is 139 cm³/mol. The van der Waals surface area contributed by atoms with Gasteiger partial charge in [0.2, 0.25) is 5.95 Å². The van der Waals surface area contributed by atoms with Gasteiger partial charge in [-0.15, -0.1) is 11.3 Å². The molecule has 6 rings (SSSR count). The normalized spacial score (nSPS) is 20.5. The Morgan fingerprint density at radius 1 is 1.19 bits per heavy atom. The van der Waals surface area contributed by atoms with Gasteiger partial charge in [-0.1, -0.05) is 0 Å². The molecular weight excluding hydrogens is 481 g/mol. The van der Waals surface area contributed by atoms with Gasteiger partial charge >= 0.3 is 6.01 Å². The molecule has 1 aromatic carbocycles. The number of nitrogens with one attached hydrogen (secondary N) is 3. The molecule has 3 aromatic heterocycles. The van der Waals surface area contributed by atoms with E-state index in [0.29, 0.717) is 17.2 Å². The Hall–Kier alpha value is -3.57. The zero-order chi connectivity index (χ0) is 24.8. The van der Waals surface area contributed by atoms with Crippen LogP contribution in [0.5, 0.6) is 6.01 Å². The number of ether oxygens (including phenoxy) is 1. The van der Waals surface area contributed by atoms with Gasteiger partial charge < -0.3 is 25.6 Å². The molecule has 3 N–H and O–H groups in total. The second-order valence-corrected chi connectivity index (χ2v) is 10.4. The minimum absolute atomic E-state index is 0.0137. The highest BCUT2D eigenvalue weighted by molar-refractivity contribution is 7.21. The largest absolute Gasteiger partial charge is 0.459 e. The number of likely N-dealkylation sites (tertiary alicyclic amines) is 1. The number of halogens is 1. The third-order valence-corrected chi connectivity index (χ3v) is 7.63. The number of pyridine rings is 1. The van der Waals surface area contributed by atoms with Gasteiger partial charge in [0.25, 0.3) is 5.91 Å². The first-order valence-electron chi connectivity index (χ1n) is 12.0. The van der Waals surface area contributed by atoms with E-state index in [2.05, 4.69) is 30.8 Å². The molecule has 2 aliphatic rings. The average molecular weight is 508 g/mol. The van der Waals surface area contributed by atoms with Crippen molar-refractivity contribution in [3.63, 3.8) is 0 Å². The molecule has 1 unspecified atom stereocenters. The summed E-state index contributed by atoms with van der Waals surface area (Å²) < 4.78 is 21.2. The van der Waals surface area contributed by atoms with Gasteiger partial charge in [0.15, 0.2) is 0 Å². The van der Waals surface area contributed by atoms with Crippen molar-refractivity contribution in [2.75, 3.05) is 37.3 Å². The lowest BCUT2D eigenvalue weighted by Crippen LogP contribution is -2.38. The molecule has 11 heteroatoms. The summed E-state index contributed by atoms with van der Waals surface area (Å²) in [7, 11) is 2.03. The molecule has 9 nitrogen and oxygen atoms in total. The predicted octanol–water partition coefficient (Wildman–Crippen LogP) is 4.14. The number of benzene rings is 1. The van der Waals surface area contributed by atoms with Gasteiger partial charge in [-0.3, -0.25) is 4.79 Å². The number of aromatic nitrogens is 3. The van der Waals surface area contributed by atoms with Crippen LogP contribution in [0.3, 0.4) is 0 Å². The molecule has 0 spiro atoms. The van der Waals surface area contributed by atoms with Crippen LogP contribution in [-0.2, 0) is 0 Å². The van der Waals surface area contributed by atoms with Crippen LogP contribution in [0, 0.1) is 5.95 Å². The second kappa shape index (κ2) is 9.14. The van der Waals surface area contributed by atoms with Crippen molar-refractivity contribution in [2.45, 2.75) is 31.9 Å². The lowest BCUT2D eigenvalue weighted by atomic mass is 10.1. The van der Waals surface area contributed by atoms with E-state index in [0.717, 1.165) is 52.6 Å². The molecule has 1 saturated heterocycles. The van der Waals surface area contributed by atoms with Crippen molar-refractivity contribution in [3.05, 3.63) is 41.2 Å². The first-order valence-corrected chi connectivity index (χ1v) is 12.8. The average Bonchev–Trinajstić information content (AvgIpc) is 3.15. The number of anilines is 3. The third kappa shape index (κ3) is 4.40. The molecule has 0 saturated carbocycles. The Labute approximate surface area is 211 Å². The molecule has 2 aliphatic heterocycles. The van der Waals surface area contributed by atoms with Gasteiger partial charge in [0.05, 0.1) is 11.2 Å². The van der Waals surface area contributed by atoms with Crippen LogP contribution in [0.2, 0.25) is 0 Å². The number of hydrogen-bond donors (Lipinski definition) is 3. The van der Waals surface area contributed by atoms with Crippen LogP contribution in [0.4, 0.5) is 21.7 Å². The van der Waals surface area contributed by atoms with Crippen molar-refractivity contribution in [1.29, 1.82) is 0 Å². The van der Waals surface area contributed by atoms with Gasteiger partial charge in [0.1, 0.15) is 22.6 Å². The van der Waals surface area contributed by atoms with Crippen molar-refractivity contribution in [3.8, 4) is 6.01 Å². The summed E-state index contributed by atoms with van der Waals surface area (Å²) >= 11 is 1.47. The number of rotatable bonds is 4. The van der Waals surface area contributed by atoms with E-state index in [1.165, 1.54) is 17.4 Å². The van der Waals surface area contributed by atoms with Crippen LogP contribution < -0.4 is 20.7 Å². The summed E-state index contributed by atoms with van der Waals surface area (Å²) in [4.78, 5) is 28.4. The van der Waals surface area contributed by atoms with Gasteiger partial charge in [-0.25, -0.2) is 4.98 Å². The molecule has 186 valence electrons. The maximum absolute atomic E-state index is 14.3. The van der Waals surface area contributed by atoms with E-state index in [1.807, 2.05) is 38.2 Å². The Kier molecular flexibility index (Phi) is 5.81. The number of hydrogen-bond acceptors (Lipinski definition) is 9. The van der Waals surface area contributed by atoms with E-state index < -0.39 is 5.95 Å². The first kappa shape index (κ1) is 22.9. The van der Waals surface area contributed by atoms with Crippen molar-refractivity contribution < 1.29 is 13.9 Å². The fraction of sp³-hybridized carbons (Fsp3) is 0.360. The highest BCUT2D eigenvalue weighted by Gasteiger charge is 2.25. The Balaban J connectivity index is 1.30. The summed E-state index contributed by atoms with van der Waals surface area (Å²) in [5.74, 6) is 0.0516. The molecule has 2 atom stereocenters. The SMILES string of the molecule is C[C@H]1CNc2c(sc3ccc4nc(Nc5cc(F)nc(OC6CCCN(C)C6)n5)ccc4c23)C(=O)N1. The van der Waals surface area contributed by atoms with Crippen molar-refractivity contribution in [2.24, 2.45) is 0 Å². The van der Waals surface area contributed by atoms with Crippen LogP contribution in [-0.4, -0.2) is 64.6 Å². The van der Waals surface area contributed by atoms with E-state index >= 15 is 0 Å². The summed E-state index contributed by atoms with van der Waals surface area (Å²) in [5.41, 5.74) is 1.60. The molecule has 1 fully saturated rings. The van der Waals surface area contributed by atoms with E-state index in [4.69, 9.17) is 9.72 Å². The fourth-order valence-electron chi connectivity index (χ4n) is 4.80. The van der Waals surface area contributed by atoms with Gasteiger partial charge in [-0.05, 0) is 57.6 Å². The highest BCUT2D eigenvalue weighted by atomic mass is 32.1. The lowest BCUT2D eigenvalue weighted by Gasteiger charge is -2.29. The van der Waals surface area contributed by atoms with Crippen molar-refractivity contribution in [1.82, 2.24) is 25.2 Å². The molecule has 1 amide bonds. The summed E-state index contributed by atoms with van der Waals surface area (Å²) in [6.45, 7) is 4.40. The summed E-state index contributed by atoms with van der Waals surface area (Å²) in [6.07, 6.45) is 1.83. The molecule has 36 heavy (non-hydrogen) atoms. The maximum atomic E-state index is 14.3. The minimum atomic E-state index is -0.672. The standard InChI is InChI=1S/C25H26FN7O2S/c1-13-11-27-22-21-15-5-8-19(29-16(15)6-7-17(21)36-23(22)24(34)28-13)31-20-10-18(26)30-25(32-20)35-14-4-3-9-33(2)12-14/h5-8,10,13-14,27H,3-4,9,11-12H2,1-2H3,(H,28,34)(H,29,30,31,32)/t13-,14?/m0/s1. The number of nitrogens with zero attached hydrogens (tertiary/aromatic N) is 4. The summed E-state index contributed by atoms with van der Waals surface area (Å²) in [5, 5.41) is 11.4. The van der Waals surface area contributed by atoms with Crippen LogP contribution in [0.15, 0.2) is 30.3 Å². The molecule has 0 radical (unpaired) electrons. The van der Waals surface area contributed by atoms with Crippen molar-refractivity contribution >= 4 is 55.6 Å². The summed E-state index contributed by atoms with van der Waals surface area (Å²) in [6, 6.07) is 8.95. The quantitative estimate of drug-likeness (QED) is 0.354. The molecule has 4 aromatic rings. The number of thiophene rings is 1. The molecular formula is C25H26FN7O2S. The second-order valence-electron chi connectivity index (χ2n) is 9.39. The van der Waals surface area contributed by atoms with Gasteiger partial charge in [0, 0.05) is 40.7 Å². The number of amides is 1. The molecule has 5 heterocycles. The third-order valence-electron chi connectivity index (χ3n) is 6.47. The molecule has 0 bridgehead atoms.